The zero-order valence-electron chi connectivity index (χ0n) is 16.0. The van der Waals surface area contributed by atoms with Gasteiger partial charge in [0.05, 0.1) is 12.1 Å². The lowest BCUT2D eigenvalue weighted by Gasteiger charge is -2.36. The van der Waals surface area contributed by atoms with Crippen molar-refractivity contribution in [3.8, 4) is 0 Å². The number of anilines is 2. The van der Waals surface area contributed by atoms with Gasteiger partial charge < -0.3 is 15.3 Å². The molecule has 2 aromatic carbocycles. The number of hydrogen-bond acceptors (Lipinski definition) is 3. The molecular formula is C23H24Br2N2O. The first kappa shape index (κ1) is 19.7. The van der Waals surface area contributed by atoms with E-state index < -0.39 is 6.10 Å². The third-order valence-corrected chi connectivity index (χ3v) is 6.63. The van der Waals surface area contributed by atoms with Gasteiger partial charge in [-0.1, -0.05) is 62.2 Å². The molecule has 0 saturated carbocycles. The van der Waals surface area contributed by atoms with Gasteiger partial charge >= 0.3 is 0 Å². The number of fused-ring (bicyclic) bond motifs is 3. The number of rotatable bonds is 5. The number of nitrogens with zero attached hydrogens (tertiary/aromatic N) is 1. The lowest BCUT2D eigenvalue weighted by Crippen LogP contribution is -2.46. The van der Waals surface area contributed by atoms with Gasteiger partial charge in [0.25, 0.3) is 0 Å². The third kappa shape index (κ3) is 3.68. The van der Waals surface area contributed by atoms with Crippen LogP contribution in [0.15, 0.2) is 69.6 Å². The molecule has 4 rings (SSSR count). The maximum absolute atomic E-state index is 10.8. The highest BCUT2D eigenvalue weighted by molar-refractivity contribution is 9.12. The van der Waals surface area contributed by atoms with Crippen LogP contribution in [-0.2, 0) is 5.41 Å². The monoisotopic (exact) mass is 502 g/mol. The SMILES string of the molecule is Cc1cccc(NCC(O)CN2c3ccc(Br)cc3C3(C)C=C(Br)C=CC23)c1. The van der Waals surface area contributed by atoms with Crippen LogP contribution in [0.2, 0.25) is 0 Å². The van der Waals surface area contributed by atoms with Crippen molar-refractivity contribution in [1.29, 1.82) is 0 Å². The zero-order chi connectivity index (χ0) is 19.9. The molecule has 0 aromatic heterocycles. The summed E-state index contributed by atoms with van der Waals surface area (Å²) >= 11 is 7.26. The van der Waals surface area contributed by atoms with E-state index >= 15 is 0 Å². The van der Waals surface area contributed by atoms with Crippen molar-refractivity contribution in [3.05, 3.63) is 80.8 Å². The molecule has 1 heterocycles. The summed E-state index contributed by atoms with van der Waals surface area (Å²) in [6.45, 7) is 5.43. The van der Waals surface area contributed by atoms with Crippen molar-refractivity contribution in [1.82, 2.24) is 0 Å². The van der Waals surface area contributed by atoms with E-state index in [2.05, 4.69) is 104 Å². The normalized spacial score (nSPS) is 23.8. The molecule has 2 aliphatic rings. The van der Waals surface area contributed by atoms with Crippen LogP contribution in [0.25, 0.3) is 0 Å². The molecule has 5 heteroatoms. The van der Waals surface area contributed by atoms with Gasteiger partial charge in [-0.25, -0.2) is 0 Å². The molecule has 0 fully saturated rings. The molecule has 2 N–H and O–H groups in total. The summed E-state index contributed by atoms with van der Waals surface area (Å²) in [7, 11) is 0. The Hall–Kier alpha value is -1.56. The van der Waals surface area contributed by atoms with Crippen LogP contribution in [0.5, 0.6) is 0 Å². The summed E-state index contributed by atoms with van der Waals surface area (Å²) in [5.74, 6) is 0. The summed E-state index contributed by atoms with van der Waals surface area (Å²) in [5, 5.41) is 14.1. The van der Waals surface area contributed by atoms with Crippen molar-refractivity contribution in [2.75, 3.05) is 23.3 Å². The molecule has 2 aromatic rings. The molecule has 0 amide bonds. The molecule has 0 radical (unpaired) electrons. The second-order valence-corrected chi connectivity index (χ2v) is 9.67. The second-order valence-electron chi connectivity index (χ2n) is 7.83. The van der Waals surface area contributed by atoms with Gasteiger partial charge in [-0.3, -0.25) is 0 Å². The van der Waals surface area contributed by atoms with Crippen LogP contribution in [-0.4, -0.2) is 30.3 Å². The first-order chi connectivity index (χ1) is 13.4. The zero-order valence-corrected chi connectivity index (χ0v) is 19.2. The molecule has 28 heavy (non-hydrogen) atoms. The lowest BCUT2D eigenvalue weighted by molar-refractivity contribution is 0.190. The third-order valence-electron chi connectivity index (χ3n) is 5.64. The Bertz CT molecular complexity index is 955. The van der Waals surface area contributed by atoms with E-state index in [0.29, 0.717) is 13.1 Å². The van der Waals surface area contributed by atoms with E-state index in [1.165, 1.54) is 16.8 Å². The van der Waals surface area contributed by atoms with Gasteiger partial charge in [0.1, 0.15) is 0 Å². The minimum Gasteiger partial charge on any atom is -0.389 e. The fourth-order valence-electron chi connectivity index (χ4n) is 4.30. The van der Waals surface area contributed by atoms with Gasteiger partial charge in [-0.05, 0) is 55.3 Å². The van der Waals surface area contributed by atoms with E-state index in [4.69, 9.17) is 0 Å². The standard InChI is InChI=1S/C23H24Br2N2O/c1-15-4-3-5-18(10-15)26-13-19(28)14-27-21-8-6-16(24)11-20(21)23(2)12-17(25)7-9-22(23)27/h3-12,19,22,26,28H,13-14H2,1-2H3. The lowest BCUT2D eigenvalue weighted by atomic mass is 9.76. The first-order valence-corrected chi connectivity index (χ1v) is 11.1. The molecule has 0 bridgehead atoms. The van der Waals surface area contributed by atoms with Crippen molar-refractivity contribution in [2.24, 2.45) is 0 Å². The summed E-state index contributed by atoms with van der Waals surface area (Å²) < 4.78 is 2.18. The fraction of sp³-hybridized carbons (Fsp3) is 0.304. The van der Waals surface area contributed by atoms with Crippen LogP contribution in [0, 0.1) is 6.92 Å². The van der Waals surface area contributed by atoms with E-state index in [1.807, 2.05) is 12.1 Å². The number of aryl methyl sites for hydroxylation is 1. The molecule has 0 saturated heterocycles. The number of hydrogen-bond donors (Lipinski definition) is 2. The minimum absolute atomic E-state index is 0.129. The fourth-order valence-corrected chi connectivity index (χ4v) is 5.29. The maximum atomic E-state index is 10.8. The van der Waals surface area contributed by atoms with E-state index in [9.17, 15) is 5.11 Å². The van der Waals surface area contributed by atoms with Crippen LogP contribution in [0.1, 0.15) is 18.1 Å². The number of halogens is 2. The average molecular weight is 504 g/mol. The Labute approximate surface area is 183 Å². The number of aliphatic hydroxyl groups is 1. The minimum atomic E-state index is -0.484. The Morgan fingerprint density at radius 1 is 1.21 bits per heavy atom. The Balaban J connectivity index is 1.55. The molecule has 1 aliphatic carbocycles. The largest absolute Gasteiger partial charge is 0.389 e. The Morgan fingerprint density at radius 2 is 2.04 bits per heavy atom. The highest BCUT2D eigenvalue weighted by atomic mass is 79.9. The number of benzene rings is 2. The van der Waals surface area contributed by atoms with Crippen LogP contribution < -0.4 is 10.2 Å². The maximum Gasteiger partial charge on any atom is 0.0887 e. The van der Waals surface area contributed by atoms with Gasteiger partial charge in [0.2, 0.25) is 0 Å². The molecule has 146 valence electrons. The smallest absolute Gasteiger partial charge is 0.0887 e. The molecule has 3 atom stereocenters. The summed E-state index contributed by atoms with van der Waals surface area (Å²) in [5.41, 5.74) is 4.59. The number of nitrogens with one attached hydrogen (secondary N) is 1. The van der Waals surface area contributed by atoms with E-state index in [-0.39, 0.29) is 11.5 Å². The highest BCUT2D eigenvalue weighted by Gasteiger charge is 2.46. The van der Waals surface area contributed by atoms with E-state index in [0.717, 1.165) is 14.6 Å². The van der Waals surface area contributed by atoms with Gasteiger partial charge in [0.15, 0.2) is 0 Å². The quantitative estimate of drug-likeness (QED) is 0.563. The van der Waals surface area contributed by atoms with Gasteiger partial charge in [-0.15, -0.1) is 0 Å². The molecule has 3 nitrogen and oxygen atoms in total. The van der Waals surface area contributed by atoms with Gasteiger partial charge in [-0.2, -0.15) is 0 Å². The van der Waals surface area contributed by atoms with E-state index in [1.54, 1.807) is 0 Å². The van der Waals surface area contributed by atoms with Crippen LogP contribution in [0.4, 0.5) is 11.4 Å². The summed E-state index contributed by atoms with van der Waals surface area (Å²) in [6, 6.07) is 14.8. The number of allylic oxidation sites excluding steroid dienone is 2. The molecule has 0 spiro atoms. The predicted octanol–water partition coefficient (Wildman–Crippen LogP) is 5.53. The molecule has 1 aliphatic heterocycles. The average Bonchev–Trinajstić information content (AvgIpc) is 2.87. The second kappa shape index (κ2) is 7.69. The number of aliphatic hydroxyl groups excluding tert-OH is 1. The summed E-state index contributed by atoms with van der Waals surface area (Å²) in [4.78, 5) is 2.33. The Kier molecular flexibility index (Phi) is 5.43. The van der Waals surface area contributed by atoms with Crippen LogP contribution >= 0.6 is 31.9 Å². The Morgan fingerprint density at radius 3 is 2.82 bits per heavy atom. The van der Waals surface area contributed by atoms with Crippen LogP contribution in [0.3, 0.4) is 0 Å². The summed E-state index contributed by atoms with van der Waals surface area (Å²) in [6.07, 6.45) is 6.14. The highest BCUT2D eigenvalue weighted by Crippen LogP contribution is 2.50. The first-order valence-electron chi connectivity index (χ1n) is 9.49. The molecular weight excluding hydrogens is 480 g/mol. The molecule has 3 unspecified atom stereocenters. The predicted molar refractivity (Wildman–Crippen MR) is 124 cm³/mol. The van der Waals surface area contributed by atoms with Crippen molar-refractivity contribution < 1.29 is 5.11 Å². The van der Waals surface area contributed by atoms with Crippen molar-refractivity contribution >= 4 is 43.2 Å². The number of β-amino-alcohol motifs (C(OH)–C–C–N with tert-alkyl or cyclic N) is 1. The van der Waals surface area contributed by atoms with Gasteiger partial charge in [0, 0.05) is 38.8 Å². The van der Waals surface area contributed by atoms with Crippen molar-refractivity contribution in [3.63, 3.8) is 0 Å². The topological polar surface area (TPSA) is 35.5 Å². The van der Waals surface area contributed by atoms with Crippen molar-refractivity contribution in [2.45, 2.75) is 31.4 Å².